The van der Waals surface area contributed by atoms with Crippen LogP contribution in [0.1, 0.15) is 31.2 Å². The lowest BCUT2D eigenvalue weighted by Crippen LogP contribution is -2.41. The third-order valence-corrected chi connectivity index (χ3v) is 6.93. The fourth-order valence-electron chi connectivity index (χ4n) is 4.71. The maximum Gasteiger partial charge on any atom is 0.261 e. The number of benzene rings is 2. The van der Waals surface area contributed by atoms with Crippen LogP contribution in [-0.4, -0.2) is 35.2 Å². The Labute approximate surface area is 193 Å². The monoisotopic (exact) mass is 497 g/mol. The molecule has 32 heavy (non-hydrogen) atoms. The number of carbonyl (C=O) groups is 1. The van der Waals surface area contributed by atoms with Crippen molar-refractivity contribution < 1.29 is 14.3 Å². The molecule has 3 aromatic rings. The maximum atomic E-state index is 12.8. The Bertz CT molecular complexity index is 1230. The summed E-state index contributed by atoms with van der Waals surface area (Å²) in [5.74, 6) is 1.34. The predicted octanol–water partition coefficient (Wildman–Crippen LogP) is 3.56. The van der Waals surface area contributed by atoms with Crippen molar-refractivity contribution in [1.29, 1.82) is 0 Å². The first-order chi connectivity index (χ1) is 15.5. The standard InChI is InChI=1S/C24H24BrN3O4/c25-17-4-5-19-18(12-17)23(30)28(15-27-19)13-22(29)26-14-24(7-1-2-8-24)16-3-6-20-21(11-16)32-10-9-31-20/h3-6,11-12,15H,1-2,7-10,13-14H2,(H,26,29). The van der Waals surface area contributed by atoms with E-state index in [1.54, 1.807) is 12.1 Å². The lowest BCUT2D eigenvalue weighted by atomic mass is 9.78. The van der Waals surface area contributed by atoms with Gasteiger partial charge in [-0.05, 0) is 48.7 Å². The molecule has 0 radical (unpaired) electrons. The van der Waals surface area contributed by atoms with Crippen LogP contribution in [0.5, 0.6) is 11.5 Å². The number of nitrogens with zero attached hydrogens (tertiary/aromatic N) is 2. The Hall–Kier alpha value is -2.87. The summed E-state index contributed by atoms with van der Waals surface area (Å²) in [6.45, 7) is 1.57. The van der Waals surface area contributed by atoms with Gasteiger partial charge in [-0.15, -0.1) is 0 Å². The van der Waals surface area contributed by atoms with Crippen LogP contribution in [0.2, 0.25) is 0 Å². The number of ether oxygens (including phenoxy) is 2. The summed E-state index contributed by atoms with van der Waals surface area (Å²) in [5.41, 5.74) is 1.41. The summed E-state index contributed by atoms with van der Waals surface area (Å²) >= 11 is 3.38. The van der Waals surface area contributed by atoms with Crippen molar-refractivity contribution in [3.05, 3.63) is 63.1 Å². The normalized spacial score (nSPS) is 16.8. The van der Waals surface area contributed by atoms with Crippen molar-refractivity contribution in [2.24, 2.45) is 0 Å². The van der Waals surface area contributed by atoms with E-state index in [1.165, 1.54) is 10.9 Å². The fraction of sp³-hybridized carbons (Fsp3) is 0.375. The highest BCUT2D eigenvalue weighted by atomic mass is 79.9. The minimum absolute atomic E-state index is 0.0640. The fourth-order valence-corrected chi connectivity index (χ4v) is 5.08. The molecule has 1 aliphatic heterocycles. The zero-order valence-corrected chi connectivity index (χ0v) is 19.2. The Kier molecular flexibility index (Phi) is 5.63. The number of fused-ring (bicyclic) bond motifs is 2. The van der Waals surface area contributed by atoms with Crippen LogP contribution in [0, 0.1) is 0 Å². The molecule has 1 saturated carbocycles. The van der Waals surface area contributed by atoms with Gasteiger partial charge in [-0.2, -0.15) is 0 Å². The van der Waals surface area contributed by atoms with Gasteiger partial charge in [-0.3, -0.25) is 14.2 Å². The molecule has 1 aliphatic carbocycles. The summed E-state index contributed by atoms with van der Waals surface area (Å²) in [7, 11) is 0. The van der Waals surface area contributed by atoms with Gasteiger partial charge < -0.3 is 14.8 Å². The molecule has 0 spiro atoms. The van der Waals surface area contributed by atoms with Crippen LogP contribution in [0.15, 0.2) is 52.0 Å². The smallest absolute Gasteiger partial charge is 0.261 e. The van der Waals surface area contributed by atoms with Gasteiger partial charge >= 0.3 is 0 Å². The first kappa shape index (κ1) is 21.0. The molecular weight excluding hydrogens is 474 g/mol. The molecule has 166 valence electrons. The molecule has 5 rings (SSSR count). The number of hydrogen-bond donors (Lipinski definition) is 1. The van der Waals surface area contributed by atoms with E-state index in [1.807, 2.05) is 12.1 Å². The minimum Gasteiger partial charge on any atom is -0.486 e. The van der Waals surface area contributed by atoms with Gasteiger partial charge in [0.15, 0.2) is 11.5 Å². The largest absolute Gasteiger partial charge is 0.486 e. The van der Waals surface area contributed by atoms with E-state index in [0.29, 0.717) is 30.7 Å². The quantitative estimate of drug-likeness (QED) is 0.582. The number of amides is 1. The molecule has 8 heteroatoms. The molecule has 0 bridgehead atoms. The number of rotatable bonds is 5. The Morgan fingerprint density at radius 2 is 1.88 bits per heavy atom. The van der Waals surface area contributed by atoms with Crippen molar-refractivity contribution in [2.45, 2.75) is 37.6 Å². The Balaban J connectivity index is 1.33. The zero-order valence-electron chi connectivity index (χ0n) is 17.6. The van der Waals surface area contributed by atoms with Crippen molar-refractivity contribution in [3.63, 3.8) is 0 Å². The van der Waals surface area contributed by atoms with E-state index < -0.39 is 0 Å². The molecule has 0 atom stereocenters. The highest BCUT2D eigenvalue weighted by Crippen LogP contribution is 2.43. The van der Waals surface area contributed by atoms with Gasteiger partial charge in [0.05, 0.1) is 17.2 Å². The number of hydrogen-bond acceptors (Lipinski definition) is 5. The van der Waals surface area contributed by atoms with Crippen LogP contribution in [0.4, 0.5) is 0 Å². The molecule has 0 unspecified atom stereocenters. The molecule has 2 aromatic carbocycles. The van der Waals surface area contributed by atoms with Crippen molar-refractivity contribution >= 4 is 32.7 Å². The molecule has 1 amide bonds. The zero-order chi connectivity index (χ0) is 22.1. The third kappa shape index (κ3) is 3.99. The highest BCUT2D eigenvalue weighted by molar-refractivity contribution is 9.10. The van der Waals surface area contributed by atoms with E-state index >= 15 is 0 Å². The third-order valence-electron chi connectivity index (χ3n) is 6.44. The van der Waals surface area contributed by atoms with E-state index in [9.17, 15) is 9.59 Å². The molecule has 2 heterocycles. The van der Waals surface area contributed by atoms with E-state index in [2.05, 4.69) is 38.4 Å². The van der Waals surface area contributed by atoms with Crippen molar-refractivity contribution in [3.8, 4) is 11.5 Å². The summed E-state index contributed by atoms with van der Waals surface area (Å²) in [4.78, 5) is 29.9. The SMILES string of the molecule is O=C(Cn1cnc2ccc(Br)cc2c1=O)NCC1(c2ccc3c(c2)OCCO3)CCCC1. The van der Waals surface area contributed by atoms with Crippen molar-refractivity contribution in [2.75, 3.05) is 19.8 Å². The minimum atomic E-state index is -0.228. The average molecular weight is 498 g/mol. The second-order valence-electron chi connectivity index (χ2n) is 8.46. The molecule has 1 aromatic heterocycles. The Morgan fingerprint density at radius 1 is 1.09 bits per heavy atom. The van der Waals surface area contributed by atoms with Gasteiger partial charge in [0.1, 0.15) is 19.8 Å². The van der Waals surface area contributed by atoms with Gasteiger partial charge in [0.25, 0.3) is 5.56 Å². The predicted molar refractivity (Wildman–Crippen MR) is 124 cm³/mol. The summed E-state index contributed by atoms with van der Waals surface area (Å²) in [6.07, 6.45) is 5.67. The average Bonchev–Trinajstić information content (AvgIpc) is 3.30. The first-order valence-electron chi connectivity index (χ1n) is 10.9. The number of halogens is 1. The van der Waals surface area contributed by atoms with Crippen LogP contribution in [-0.2, 0) is 16.8 Å². The molecular formula is C24H24BrN3O4. The van der Waals surface area contributed by atoms with Gasteiger partial charge in [-0.25, -0.2) is 4.98 Å². The number of nitrogens with one attached hydrogen (secondary N) is 1. The van der Waals surface area contributed by atoms with Crippen LogP contribution in [0.25, 0.3) is 10.9 Å². The summed E-state index contributed by atoms with van der Waals surface area (Å²) in [6, 6.07) is 11.5. The van der Waals surface area contributed by atoms with Gasteiger partial charge in [-0.1, -0.05) is 34.8 Å². The Morgan fingerprint density at radius 3 is 2.69 bits per heavy atom. The van der Waals surface area contributed by atoms with Crippen LogP contribution < -0.4 is 20.3 Å². The van der Waals surface area contributed by atoms with Gasteiger partial charge in [0, 0.05) is 16.4 Å². The van der Waals surface area contributed by atoms with Crippen LogP contribution >= 0.6 is 15.9 Å². The van der Waals surface area contributed by atoms with E-state index in [0.717, 1.165) is 47.2 Å². The molecule has 2 aliphatic rings. The van der Waals surface area contributed by atoms with Gasteiger partial charge in [0.2, 0.25) is 5.91 Å². The van der Waals surface area contributed by atoms with Crippen molar-refractivity contribution in [1.82, 2.24) is 14.9 Å². The first-order valence-corrected chi connectivity index (χ1v) is 11.6. The topological polar surface area (TPSA) is 82.5 Å². The summed E-state index contributed by atoms with van der Waals surface area (Å²) in [5, 5.41) is 3.56. The lowest BCUT2D eigenvalue weighted by Gasteiger charge is -2.31. The second kappa shape index (κ2) is 8.58. The maximum absolute atomic E-state index is 12.8. The van der Waals surface area contributed by atoms with E-state index in [-0.39, 0.29) is 23.4 Å². The second-order valence-corrected chi connectivity index (χ2v) is 9.38. The number of carbonyl (C=O) groups excluding carboxylic acids is 1. The highest BCUT2D eigenvalue weighted by Gasteiger charge is 2.36. The molecule has 1 fully saturated rings. The van der Waals surface area contributed by atoms with E-state index in [4.69, 9.17) is 9.47 Å². The molecule has 0 saturated heterocycles. The number of aromatic nitrogens is 2. The van der Waals surface area contributed by atoms with Crippen LogP contribution in [0.3, 0.4) is 0 Å². The summed E-state index contributed by atoms with van der Waals surface area (Å²) < 4.78 is 13.6. The molecule has 1 N–H and O–H groups in total. The molecule has 7 nitrogen and oxygen atoms in total. The lowest BCUT2D eigenvalue weighted by molar-refractivity contribution is -0.122.